The van der Waals surface area contributed by atoms with Gasteiger partial charge in [0.1, 0.15) is 17.9 Å². The molecule has 7 heteroatoms. The highest BCUT2D eigenvalue weighted by Gasteiger charge is 2.37. The lowest BCUT2D eigenvalue weighted by atomic mass is 9.99. The fraction of sp³-hybridized carbons (Fsp3) is 0.450. The summed E-state index contributed by atoms with van der Waals surface area (Å²) in [6, 6.07) is 6.37. The molecule has 2 heterocycles. The summed E-state index contributed by atoms with van der Waals surface area (Å²) in [7, 11) is 0. The molecule has 1 aliphatic rings. The van der Waals surface area contributed by atoms with Crippen molar-refractivity contribution < 1.29 is 19.1 Å². The van der Waals surface area contributed by atoms with Gasteiger partial charge in [0, 0.05) is 37.2 Å². The molecule has 1 aromatic carbocycles. The number of amides is 2. The van der Waals surface area contributed by atoms with Crippen molar-refractivity contribution in [3.63, 3.8) is 0 Å². The van der Waals surface area contributed by atoms with Gasteiger partial charge in [0.15, 0.2) is 0 Å². The normalized spacial score (nSPS) is 19.9. The maximum Gasteiger partial charge on any atom is 0.329 e. The number of piperidine rings is 1. The first-order valence-corrected chi connectivity index (χ1v) is 9.17. The van der Waals surface area contributed by atoms with Gasteiger partial charge in [-0.3, -0.25) is 4.98 Å². The van der Waals surface area contributed by atoms with E-state index in [1.165, 1.54) is 4.90 Å². The summed E-state index contributed by atoms with van der Waals surface area (Å²) in [5.74, 6) is 0.514. The largest absolute Gasteiger partial charge is 0.490 e. The number of fused-ring (bicyclic) bond motifs is 1. The van der Waals surface area contributed by atoms with Crippen LogP contribution < -0.4 is 10.5 Å². The zero-order chi connectivity index (χ0) is 19.4. The fourth-order valence-corrected chi connectivity index (χ4v) is 3.20. The molecule has 0 radical (unpaired) electrons. The van der Waals surface area contributed by atoms with Crippen LogP contribution in [-0.4, -0.2) is 47.2 Å². The van der Waals surface area contributed by atoms with Crippen LogP contribution in [0.2, 0.25) is 0 Å². The highest BCUT2D eigenvalue weighted by atomic mass is 16.5. The molecule has 1 saturated heterocycles. The van der Waals surface area contributed by atoms with Crippen LogP contribution in [0.5, 0.6) is 5.75 Å². The number of nitrogens with two attached hydrogens (primary N) is 1. The number of hydrogen-bond acceptors (Lipinski definition) is 5. The standard InChI is InChI=1S/C20H25N3O4/c1-13(2)12-26-19(24)18-10-17(6-8-23(18)20(21)25)27-16-4-3-15-11-22-7-5-14(15)9-16/h3-5,7,9,11,13,17-18H,6,8,10,12H2,1-2H3,(H2,21,25)/t17-,18-/m1/s1. The first-order chi connectivity index (χ1) is 12.9. The number of ether oxygens (including phenoxy) is 2. The van der Waals surface area contributed by atoms with Gasteiger partial charge in [-0.05, 0) is 35.6 Å². The molecule has 2 aromatic rings. The minimum atomic E-state index is -0.718. The van der Waals surface area contributed by atoms with Crippen molar-refractivity contribution >= 4 is 22.8 Å². The number of urea groups is 1. The van der Waals surface area contributed by atoms with E-state index in [2.05, 4.69) is 4.98 Å². The second-order valence-corrected chi connectivity index (χ2v) is 7.22. The maximum atomic E-state index is 12.5. The third kappa shape index (κ3) is 4.67. The Morgan fingerprint density at radius 1 is 1.30 bits per heavy atom. The topological polar surface area (TPSA) is 94.8 Å². The number of likely N-dealkylation sites (tertiary alicyclic amines) is 1. The van der Waals surface area contributed by atoms with Crippen LogP contribution in [0.3, 0.4) is 0 Å². The Bertz CT molecular complexity index is 824. The van der Waals surface area contributed by atoms with Crippen LogP contribution in [0.4, 0.5) is 4.79 Å². The summed E-state index contributed by atoms with van der Waals surface area (Å²) in [4.78, 5) is 29.6. The number of aromatic nitrogens is 1. The van der Waals surface area contributed by atoms with Crippen molar-refractivity contribution in [3.8, 4) is 5.75 Å². The average molecular weight is 371 g/mol. The number of esters is 1. The van der Waals surface area contributed by atoms with Gasteiger partial charge in [0.2, 0.25) is 0 Å². The zero-order valence-electron chi connectivity index (χ0n) is 15.6. The Hall–Kier alpha value is -2.83. The SMILES string of the molecule is CC(C)COC(=O)[C@H]1C[C@H](Oc2ccc3cnccc3c2)CCN1C(N)=O. The molecule has 0 unspecified atom stereocenters. The van der Waals surface area contributed by atoms with Crippen LogP contribution in [0.1, 0.15) is 26.7 Å². The van der Waals surface area contributed by atoms with Crippen molar-refractivity contribution in [1.29, 1.82) is 0 Å². The highest BCUT2D eigenvalue weighted by molar-refractivity contribution is 5.84. The van der Waals surface area contributed by atoms with Crippen LogP contribution in [-0.2, 0) is 9.53 Å². The van der Waals surface area contributed by atoms with Crippen molar-refractivity contribution in [2.45, 2.75) is 38.8 Å². The molecule has 1 aliphatic heterocycles. The average Bonchev–Trinajstić information content (AvgIpc) is 2.65. The molecule has 2 atom stereocenters. The van der Waals surface area contributed by atoms with Gasteiger partial charge < -0.3 is 20.1 Å². The van der Waals surface area contributed by atoms with E-state index in [-0.39, 0.29) is 12.0 Å². The molecule has 1 aromatic heterocycles. The van der Waals surface area contributed by atoms with Crippen LogP contribution in [0, 0.1) is 5.92 Å². The number of nitrogens with zero attached hydrogens (tertiary/aromatic N) is 2. The van der Waals surface area contributed by atoms with Gasteiger partial charge in [-0.15, -0.1) is 0 Å². The van der Waals surface area contributed by atoms with E-state index < -0.39 is 18.0 Å². The zero-order valence-corrected chi connectivity index (χ0v) is 15.6. The second kappa shape index (κ2) is 8.24. The van der Waals surface area contributed by atoms with E-state index in [1.807, 2.05) is 38.1 Å². The molecular formula is C20H25N3O4. The van der Waals surface area contributed by atoms with E-state index in [0.29, 0.717) is 26.0 Å². The third-order valence-corrected chi connectivity index (χ3v) is 4.58. The predicted molar refractivity (Wildman–Crippen MR) is 101 cm³/mol. The lowest BCUT2D eigenvalue weighted by Gasteiger charge is -2.37. The number of pyridine rings is 1. The number of primary amides is 1. The van der Waals surface area contributed by atoms with Crippen molar-refractivity contribution in [3.05, 3.63) is 36.7 Å². The van der Waals surface area contributed by atoms with Crippen molar-refractivity contribution in [2.75, 3.05) is 13.2 Å². The molecule has 0 spiro atoms. The quantitative estimate of drug-likeness (QED) is 0.816. The van der Waals surface area contributed by atoms with Crippen molar-refractivity contribution in [1.82, 2.24) is 9.88 Å². The summed E-state index contributed by atoms with van der Waals surface area (Å²) in [6.07, 6.45) is 4.29. The molecule has 0 bridgehead atoms. The number of hydrogen-bond donors (Lipinski definition) is 1. The molecule has 2 amide bonds. The smallest absolute Gasteiger partial charge is 0.329 e. The maximum absolute atomic E-state index is 12.5. The third-order valence-electron chi connectivity index (χ3n) is 4.58. The molecule has 7 nitrogen and oxygen atoms in total. The van der Waals surface area contributed by atoms with Crippen LogP contribution >= 0.6 is 0 Å². The molecular weight excluding hydrogens is 346 g/mol. The van der Waals surface area contributed by atoms with E-state index in [4.69, 9.17) is 15.2 Å². The number of carbonyl (C=O) groups excluding carboxylic acids is 2. The molecule has 144 valence electrons. The highest BCUT2D eigenvalue weighted by Crippen LogP contribution is 2.26. The van der Waals surface area contributed by atoms with E-state index in [0.717, 1.165) is 16.5 Å². The van der Waals surface area contributed by atoms with Crippen LogP contribution in [0.25, 0.3) is 10.8 Å². The van der Waals surface area contributed by atoms with Gasteiger partial charge in [-0.25, -0.2) is 9.59 Å². The first kappa shape index (κ1) is 18.9. The minimum absolute atomic E-state index is 0.198. The lowest BCUT2D eigenvalue weighted by molar-refractivity contribution is -0.152. The number of benzene rings is 1. The number of carbonyl (C=O) groups is 2. The molecule has 3 rings (SSSR count). The Labute approximate surface area is 158 Å². The Morgan fingerprint density at radius 2 is 2.11 bits per heavy atom. The molecule has 1 fully saturated rings. The Balaban J connectivity index is 1.70. The Morgan fingerprint density at radius 3 is 2.85 bits per heavy atom. The minimum Gasteiger partial charge on any atom is -0.490 e. The summed E-state index contributed by atoms with van der Waals surface area (Å²) in [5.41, 5.74) is 5.44. The van der Waals surface area contributed by atoms with Gasteiger partial charge in [0.05, 0.1) is 6.61 Å². The van der Waals surface area contributed by atoms with Gasteiger partial charge in [-0.1, -0.05) is 13.8 Å². The molecule has 2 N–H and O–H groups in total. The van der Waals surface area contributed by atoms with Gasteiger partial charge >= 0.3 is 12.0 Å². The summed E-state index contributed by atoms with van der Waals surface area (Å²) in [6.45, 7) is 4.59. The summed E-state index contributed by atoms with van der Waals surface area (Å²) in [5, 5.41) is 2.06. The first-order valence-electron chi connectivity index (χ1n) is 9.17. The Kier molecular flexibility index (Phi) is 5.78. The second-order valence-electron chi connectivity index (χ2n) is 7.22. The van der Waals surface area contributed by atoms with Crippen LogP contribution in [0.15, 0.2) is 36.7 Å². The van der Waals surface area contributed by atoms with Crippen molar-refractivity contribution in [2.24, 2.45) is 11.7 Å². The van der Waals surface area contributed by atoms with Gasteiger partial charge in [0.25, 0.3) is 0 Å². The monoisotopic (exact) mass is 371 g/mol. The predicted octanol–water partition coefficient (Wildman–Crippen LogP) is 2.72. The van der Waals surface area contributed by atoms with E-state index >= 15 is 0 Å². The summed E-state index contributed by atoms with van der Waals surface area (Å²) >= 11 is 0. The lowest BCUT2D eigenvalue weighted by Crippen LogP contribution is -2.54. The summed E-state index contributed by atoms with van der Waals surface area (Å²) < 4.78 is 11.4. The van der Waals surface area contributed by atoms with Gasteiger partial charge in [-0.2, -0.15) is 0 Å². The van der Waals surface area contributed by atoms with E-state index in [1.54, 1.807) is 12.4 Å². The molecule has 0 aliphatic carbocycles. The fourth-order valence-electron chi connectivity index (χ4n) is 3.20. The number of rotatable bonds is 5. The van der Waals surface area contributed by atoms with E-state index in [9.17, 15) is 9.59 Å². The molecule has 0 saturated carbocycles. The molecule has 27 heavy (non-hydrogen) atoms.